The molecule has 5 atom stereocenters. The molecule has 3 aliphatic heterocycles. The van der Waals surface area contributed by atoms with Crippen molar-refractivity contribution in [2.24, 2.45) is 0 Å². The Kier molecular flexibility index (Phi) is 8.00. The molecule has 13 nitrogen and oxygen atoms in total. The summed E-state index contributed by atoms with van der Waals surface area (Å²) in [6, 6.07) is 6.15. The van der Waals surface area contributed by atoms with E-state index in [0.717, 1.165) is 31.4 Å². The Hall–Kier alpha value is -2.68. The van der Waals surface area contributed by atoms with Crippen molar-refractivity contribution < 1.29 is 33.5 Å². The second-order valence-electron chi connectivity index (χ2n) is 11.9. The lowest BCUT2D eigenvalue weighted by molar-refractivity contribution is -0.238. The van der Waals surface area contributed by atoms with Gasteiger partial charge in [0.15, 0.2) is 17.9 Å². The van der Waals surface area contributed by atoms with E-state index in [9.17, 15) is 5.11 Å². The van der Waals surface area contributed by atoms with Gasteiger partial charge in [-0.2, -0.15) is 15.0 Å². The second kappa shape index (κ2) is 11.5. The number of nitrogens with one attached hydrogen (secondary N) is 2. The molecule has 224 valence electrons. The molecule has 2 aromatic heterocycles. The van der Waals surface area contributed by atoms with Crippen molar-refractivity contribution in [1.82, 2.24) is 19.9 Å². The van der Waals surface area contributed by atoms with Gasteiger partial charge in [0.25, 0.3) is 0 Å². The molecule has 1 saturated carbocycles. The van der Waals surface area contributed by atoms with E-state index in [4.69, 9.17) is 28.4 Å². The SMILES string of the molecule is CC1(C)O[C@H]2[C@@H](O1)[C@@H](COc1nc(NCCc3ccccn3)nc(NC3CCC(O)CC3)n1)O[C@@H]1OC(C)(C)O[C@@H]12. The Morgan fingerprint density at radius 1 is 0.902 bits per heavy atom. The van der Waals surface area contributed by atoms with Crippen LogP contribution in [0.1, 0.15) is 59.1 Å². The fourth-order valence-electron chi connectivity index (χ4n) is 5.80. The van der Waals surface area contributed by atoms with Crippen molar-refractivity contribution in [3.8, 4) is 6.01 Å². The van der Waals surface area contributed by atoms with E-state index in [1.54, 1.807) is 6.20 Å². The highest BCUT2D eigenvalue weighted by molar-refractivity contribution is 5.37. The lowest BCUT2D eigenvalue weighted by atomic mass is 9.93. The third-order valence-electron chi connectivity index (χ3n) is 7.66. The van der Waals surface area contributed by atoms with Gasteiger partial charge in [-0.1, -0.05) is 6.07 Å². The first kappa shape index (κ1) is 28.4. The highest BCUT2D eigenvalue weighted by atomic mass is 16.9. The van der Waals surface area contributed by atoms with E-state index >= 15 is 0 Å². The molecule has 0 spiro atoms. The number of nitrogens with zero attached hydrogens (tertiary/aromatic N) is 4. The summed E-state index contributed by atoms with van der Waals surface area (Å²) in [5, 5.41) is 16.6. The summed E-state index contributed by atoms with van der Waals surface area (Å²) in [6.07, 6.45) is 3.05. The van der Waals surface area contributed by atoms with E-state index < -0.39 is 36.2 Å². The van der Waals surface area contributed by atoms with Gasteiger partial charge in [0, 0.05) is 30.9 Å². The third kappa shape index (κ3) is 6.87. The van der Waals surface area contributed by atoms with Crippen LogP contribution in [0.15, 0.2) is 24.4 Å². The zero-order valence-electron chi connectivity index (χ0n) is 24.0. The van der Waals surface area contributed by atoms with Crippen LogP contribution in [0.25, 0.3) is 0 Å². The van der Waals surface area contributed by atoms with Gasteiger partial charge in [0.1, 0.15) is 31.0 Å². The zero-order chi connectivity index (χ0) is 28.6. The van der Waals surface area contributed by atoms with Crippen molar-refractivity contribution in [3.63, 3.8) is 0 Å². The second-order valence-corrected chi connectivity index (χ2v) is 11.9. The smallest absolute Gasteiger partial charge is 0.323 e. The fourth-order valence-corrected chi connectivity index (χ4v) is 5.80. The van der Waals surface area contributed by atoms with Crippen LogP contribution in [0.2, 0.25) is 0 Å². The van der Waals surface area contributed by atoms with Gasteiger partial charge in [0.05, 0.1) is 6.10 Å². The molecule has 13 heteroatoms. The predicted molar refractivity (Wildman–Crippen MR) is 146 cm³/mol. The first-order chi connectivity index (χ1) is 19.6. The maximum Gasteiger partial charge on any atom is 0.323 e. The van der Waals surface area contributed by atoms with E-state index in [1.165, 1.54) is 0 Å². The molecule has 6 rings (SSSR count). The van der Waals surface area contributed by atoms with Crippen molar-refractivity contribution >= 4 is 11.9 Å². The number of rotatable bonds is 9. The van der Waals surface area contributed by atoms with Crippen LogP contribution in [0.5, 0.6) is 6.01 Å². The Bertz CT molecular complexity index is 1180. The number of hydrogen-bond acceptors (Lipinski definition) is 13. The van der Waals surface area contributed by atoms with Gasteiger partial charge in [-0.05, 0) is 65.5 Å². The Morgan fingerprint density at radius 3 is 2.41 bits per heavy atom. The number of aliphatic hydroxyl groups excluding tert-OH is 1. The first-order valence-electron chi connectivity index (χ1n) is 14.5. The van der Waals surface area contributed by atoms with Gasteiger partial charge < -0.3 is 44.2 Å². The van der Waals surface area contributed by atoms with E-state index in [0.29, 0.717) is 24.9 Å². The molecule has 4 fully saturated rings. The van der Waals surface area contributed by atoms with E-state index in [2.05, 4.69) is 30.6 Å². The molecule has 41 heavy (non-hydrogen) atoms. The zero-order valence-corrected chi connectivity index (χ0v) is 24.0. The molecule has 0 aromatic carbocycles. The summed E-state index contributed by atoms with van der Waals surface area (Å²) in [4.78, 5) is 18.0. The minimum absolute atomic E-state index is 0.111. The van der Waals surface area contributed by atoms with Crippen LogP contribution < -0.4 is 15.4 Å². The van der Waals surface area contributed by atoms with Crippen LogP contribution in [-0.2, 0) is 30.1 Å². The number of aliphatic hydroxyl groups is 1. The van der Waals surface area contributed by atoms with Gasteiger partial charge >= 0.3 is 6.01 Å². The van der Waals surface area contributed by atoms with E-state index in [-0.39, 0.29) is 30.9 Å². The summed E-state index contributed by atoms with van der Waals surface area (Å²) in [6.45, 7) is 8.14. The Morgan fingerprint density at radius 2 is 1.63 bits per heavy atom. The maximum absolute atomic E-state index is 9.90. The molecule has 4 aliphatic rings. The number of fused-ring (bicyclic) bond motifs is 3. The molecule has 0 radical (unpaired) electrons. The lowest BCUT2D eigenvalue weighted by Crippen LogP contribution is -2.56. The summed E-state index contributed by atoms with van der Waals surface area (Å²) in [7, 11) is 0. The quantitative estimate of drug-likeness (QED) is 0.404. The van der Waals surface area contributed by atoms with Crippen molar-refractivity contribution in [3.05, 3.63) is 30.1 Å². The molecule has 3 saturated heterocycles. The molecule has 1 aliphatic carbocycles. The summed E-state index contributed by atoms with van der Waals surface area (Å²) in [5.74, 6) is -0.798. The van der Waals surface area contributed by atoms with Crippen LogP contribution in [0, 0.1) is 0 Å². The standard InChI is InChI=1S/C28H40N6O7/c1-27(2)38-20-19(37-23-22(21(20)39-27)40-28(3,4)41-23)15-36-26-33-24(30-14-12-16-7-5-6-13-29-16)32-25(34-26)31-17-8-10-18(35)11-9-17/h5-7,13,17-23,35H,8-12,14-15H2,1-4H3,(H2,30,31,32,33,34)/t17?,18?,19-,20+,21+,22-,23-/m1/s1. The molecular formula is C28H40N6O7. The topological polar surface area (TPSA) is 151 Å². The Labute approximate surface area is 239 Å². The maximum atomic E-state index is 9.90. The monoisotopic (exact) mass is 572 g/mol. The molecule has 2 aromatic rings. The molecular weight excluding hydrogens is 532 g/mol. The average Bonchev–Trinajstić information content (AvgIpc) is 3.43. The minimum Gasteiger partial charge on any atom is -0.460 e. The highest BCUT2D eigenvalue weighted by Crippen LogP contribution is 2.44. The molecule has 0 amide bonds. The van der Waals surface area contributed by atoms with Gasteiger partial charge in [0.2, 0.25) is 11.9 Å². The number of ether oxygens (including phenoxy) is 6. The summed E-state index contributed by atoms with van der Waals surface area (Å²) in [5.41, 5.74) is 0.968. The normalized spacial score (nSPS) is 33.5. The minimum atomic E-state index is -0.801. The predicted octanol–water partition coefficient (Wildman–Crippen LogP) is 2.41. The lowest BCUT2D eigenvalue weighted by Gasteiger charge is -2.36. The summed E-state index contributed by atoms with van der Waals surface area (Å²) >= 11 is 0. The van der Waals surface area contributed by atoms with Crippen molar-refractivity contribution in [2.45, 2.75) is 114 Å². The first-order valence-corrected chi connectivity index (χ1v) is 14.5. The largest absolute Gasteiger partial charge is 0.460 e. The molecule has 0 bridgehead atoms. The molecule has 0 unspecified atom stereocenters. The number of hydrogen-bond donors (Lipinski definition) is 3. The van der Waals surface area contributed by atoms with Crippen molar-refractivity contribution in [1.29, 1.82) is 0 Å². The molecule has 3 N–H and O–H groups in total. The van der Waals surface area contributed by atoms with Crippen LogP contribution in [-0.4, -0.2) is 92.6 Å². The number of anilines is 2. The van der Waals surface area contributed by atoms with Crippen LogP contribution in [0.4, 0.5) is 11.9 Å². The number of pyridine rings is 1. The van der Waals surface area contributed by atoms with Crippen LogP contribution in [0.3, 0.4) is 0 Å². The van der Waals surface area contributed by atoms with Crippen molar-refractivity contribution in [2.75, 3.05) is 23.8 Å². The summed E-state index contributed by atoms with van der Waals surface area (Å²) < 4.78 is 36.9. The average molecular weight is 573 g/mol. The van der Waals surface area contributed by atoms with Crippen LogP contribution >= 0.6 is 0 Å². The fraction of sp³-hybridized carbons (Fsp3) is 0.714. The third-order valence-corrected chi connectivity index (χ3v) is 7.66. The van der Waals surface area contributed by atoms with Gasteiger partial charge in [-0.3, -0.25) is 4.98 Å². The van der Waals surface area contributed by atoms with E-state index in [1.807, 2.05) is 45.9 Å². The van der Waals surface area contributed by atoms with Gasteiger partial charge in [-0.15, -0.1) is 0 Å². The number of aromatic nitrogens is 4. The Balaban J connectivity index is 1.16. The van der Waals surface area contributed by atoms with Gasteiger partial charge in [-0.25, -0.2) is 0 Å². The highest BCUT2D eigenvalue weighted by Gasteiger charge is 2.60. The molecule has 5 heterocycles.